The van der Waals surface area contributed by atoms with Gasteiger partial charge in [0.25, 0.3) is 0 Å². The third-order valence-corrected chi connectivity index (χ3v) is 5.57. The number of carboxylic acid groups (broad SMARTS) is 1. The Bertz CT molecular complexity index is 817. The molecule has 7 N–H and O–H groups in total. The molecule has 0 saturated carbocycles. The van der Waals surface area contributed by atoms with Crippen molar-refractivity contribution in [1.29, 1.82) is 0 Å². The molecule has 0 bridgehead atoms. The minimum absolute atomic E-state index is 0.0320. The fourth-order valence-electron chi connectivity index (χ4n) is 3.35. The highest BCUT2D eigenvalue weighted by Gasteiger charge is 2.31. The van der Waals surface area contributed by atoms with Crippen LogP contribution in [0.3, 0.4) is 0 Å². The topological polar surface area (TPSA) is 171 Å². The Labute approximate surface area is 200 Å². The molecule has 0 aromatic heterocycles. The molecule has 10 nitrogen and oxygen atoms in total. The van der Waals surface area contributed by atoms with E-state index in [4.69, 9.17) is 5.73 Å². The molecule has 0 saturated heterocycles. The largest absolute Gasteiger partial charge is 0.480 e. The molecular formula is C24H38N4O6. The summed E-state index contributed by atoms with van der Waals surface area (Å²) >= 11 is 0. The molecule has 0 spiro atoms. The summed E-state index contributed by atoms with van der Waals surface area (Å²) in [6, 6.07) is 4.83. The minimum atomic E-state index is -1.37. The van der Waals surface area contributed by atoms with Crippen molar-refractivity contribution in [3.05, 3.63) is 35.9 Å². The number of carbonyl (C=O) groups is 4. The second-order valence-corrected chi connectivity index (χ2v) is 8.94. The van der Waals surface area contributed by atoms with Crippen LogP contribution in [0.25, 0.3) is 0 Å². The predicted octanol–water partition coefficient (Wildman–Crippen LogP) is 0.180. The lowest BCUT2D eigenvalue weighted by Crippen LogP contribution is -2.59. The standard InChI is InChI=1S/C24H38N4O6/c1-5-15(4)20(24(33)34)28-23(32)19(13-29)27-22(31)18(11-14(2)3)26-21(30)17(25)12-16-9-7-6-8-10-16/h6-10,14-15,17-20,29H,5,11-13,25H2,1-4H3,(H,26,30)(H,27,31)(H,28,32)(H,33,34). The number of aliphatic hydroxyl groups excluding tert-OH is 1. The minimum Gasteiger partial charge on any atom is -0.480 e. The average Bonchev–Trinajstić information content (AvgIpc) is 2.79. The van der Waals surface area contributed by atoms with E-state index in [0.717, 1.165) is 5.56 Å². The van der Waals surface area contributed by atoms with Gasteiger partial charge in [0, 0.05) is 0 Å². The number of carboxylic acids is 1. The first-order chi connectivity index (χ1) is 16.0. The lowest BCUT2D eigenvalue weighted by atomic mass is 9.98. The zero-order valence-electron chi connectivity index (χ0n) is 20.3. The van der Waals surface area contributed by atoms with Crippen LogP contribution < -0.4 is 21.7 Å². The number of rotatable bonds is 14. The molecule has 0 aliphatic carbocycles. The Balaban J connectivity index is 2.86. The monoisotopic (exact) mass is 478 g/mol. The number of hydrogen-bond acceptors (Lipinski definition) is 6. The van der Waals surface area contributed by atoms with Crippen LogP contribution in [0, 0.1) is 11.8 Å². The first-order valence-corrected chi connectivity index (χ1v) is 11.5. The van der Waals surface area contributed by atoms with Gasteiger partial charge in [-0.1, -0.05) is 64.4 Å². The van der Waals surface area contributed by atoms with Gasteiger partial charge in [-0.15, -0.1) is 0 Å². The van der Waals surface area contributed by atoms with Gasteiger partial charge in [-0.3, -0.25) is 14.4 Å². The van der Waals surface area contributed by atoms with E-state index in [0.29, 0.717) is 6.42 Å². The fourth-order valence-corrected chi connectivity index (χ4v) is 3.35. The first-order valence-electron chi connectivity index (χ1n) is 11.5. The molecule has 1 aromatic carbocycles. The summed E-state index contributed by atoms with van der Waals surface area (Å²) in [5.41, 5.74) is 6.90. The van der Waals surface area contributed by atoms with E-state index in [1.807, 2.05) is 44.2 Å². The second-order valence-electron chi connectivity index (χ2n) is 8.94. The van der Waals surface area contributed by atoms with Crippen LogP contribution in [0.5, 0.6) is 0 Å². The number of carbonyl (C=O) groups excluding carboxylic acids is 3. The van der Waals surface area contributed by atoms with Crippen LogP contribution in [0.1, 0.15) is 46.1 Å². The van der Waals surface area contributed by atoms with E-state index in [9.17, 15) is 29.4 Å². The normalized spacial score (nSPS) is 15.5. The van der Waals surface area contributed by atoms with E-state index in [1.54, 1.807) is 13.8 Å². The van der Waals surface area contributed by atoms with Crippen molar-refractivity contribution in [2.75, 3.05) is 6.61 Å². The molecule has 0 aliphatic rings. The molecule has 34 heavy (non-hydrogen) atoms. The summed E-state index contributed by atoms with van der Waals surface area (Å²) in [6.45, 7) is 6.48. The van der Waals surface area contributed by atoms with Crippen LogP contribution in [0.4, 0.5) is 0 Å². The van der Waals surface area contributed by atoms with Gasteiger partial charge in [-0.05, 0) is 30.2 Å². The maximum atomic E-state index is 12.9. The van der Waals surface area contributed by atoms with Crippen LogP contribution in [-0.4, -0.2) is 64.7 Å². The number of aliphatic carboxylic acids is 1. The van der Waals surface area contributed by atoms with Gasteiger partial charge >= 0.3 is 5.97 Å². The quantitative estimate of drug-likeness (QED) is 0.221. The molecule has 0 fully saturated rings. The molecule has 1 aromatic rings. The highest BCUT2D eigenvalue weighted by Crippen LogP contribution is 2.10. The maximum Gasteiger partial charge on any atom is 0.326 e. The Morgan fingerprint density at radius 1 is 0.912 bits per heavy atom. The summed E-state index contributed by atoms with van der Waals surface area (Å²) in [5, 5.41) is 26.5. The van der Waals surface area contributed by atoms with Crippen molar-refractivity contribution in [3.63, 3.8) is 0 Å². The molecule has 190 valence electrons. The highest BCUT2D eigenvalue weighted by atomic mass is 16.4. The van der Waals surface area contributed by atoms with Gasteiger partial charge in [0.1, 0.15) is 18.1 Å². The summed E-state index contributed by atoms with van der Waals surface area (Å²) in [4.78, 5) is 49.6. The zero-order chi connectivity index (χ0) is 25.8. The molecule has 3 amide bonds. The van der Waals surface area contributed by atoms with E-state index in [1.165, 1.54) is 0 Å². The van der Waals surface area contributed by atoms with Crippen molar-refractivity contribution < 1.29 is 29.4 Å². The number of hydrogen-bond donors (Lipinski definition) is 6. The van der Waals surface area contributed by atoms with Crippen molar-refractivity contribution in [2.45, 2.75) is 71.1 Å². The molecular weight excluding hydrogens is 440 g/mol. The van der Waals surface area contributed by atoms with Gasteiger partial charge in [0.05, 0.1) is 12.6 Å². The third-order valence-electron chi connectivity index (χ3n) is 5.57. The molecule has 5 unspecified atom stereocenters. The van der Waals surface area contributed by atoms with Gasteiger partial charge < -0.3 is 31.9 Å². The van der Waals surface area contributed by atoms with Gasteiger partial charge in [0.15, 0.2) is 0 Å². The zero-order valence-corrected chi connectivity index (χ0v) is 20.3. The van der Waals surface area contributed by atoms with Crippen LogP contribution in [0.15, 0.2) is 30.3 Å². The summed E-state index contributed by atoms with van der Waals surface area (Å²) in [5.74, 6) is -3.53. The molecule has 10 heteroatoms. The number of benzene rings is 1. The van der Waals surface area contributed by atoms with Crippen molar-refractivity contribution in [1.82, 2.24) is 16.0 Å². The Hall–Kier alpha value is -2.98. The molecule has 0 radical (unpaired) electrons. The molecule has 5 atom stereocenters. The number of nitrogens with one attached hydrogen (secondary N) is 3. The van der Waals surface area contributed by atoms with Gasteiger partial charge in [-0.2, -0.15) is 0 Å². The van der Waals surface area contributed by atoms with Gasteiger partial charge in [-0.25, -0.2) is 4.79 Å². The predicted molar refractivity (Wildman–Crippen MR) is 128 cm³/mol. The van der Waals surface area contributed by atoms with Crippen molar-refractivity contribution in [2.24, 2.45) is 17.6 Å². The van der Waals surface area contributed by atoms with Crippen LogP contribution in [-0.2, 0) is 25.6 Å². The van der Waals surface area contributed by atoms with E-state index in [2.05, 4.69) is 16.0 Å². The fraction of sp³-hybridized carbons (Fsp3) is 0.583. The third kappa shape index (κ3) is 9.48. The maximum absolute atomic E-state index is 12.9. The van der Waals surface area contributed by atoms with Crippen molar-refractivity contribution in [3.8, 4) is 0 Å². The molecule has 0 heterocycles. The summed E-state index contributed by atoms with van der Waals surface area (Å²) in [6.07, 6.45) is 1.08. The van der Waals surface area contributed by atoms with Crippen LogP contribution >= 0.6 is 0 Å². The van der Waals surface area contributed by atoms with E-state index >= 15 is 0 Å². The number of nitrogens with two attached hydrogens (primary N) is 1. The van der Waals surface area contributed by atoms with E-state index < -0.39 is 54.5 Å². The van der Waals surface area contributed by atoms with Crippen LogP contribution in [0.2, 0.25) is 0 Å². The average molecular weight is 479 g/mol. The van der Waals surface area contributed by atoms with E-state index in [-0.39, 0.29) is 24.7 Å². The highest BCUT2D eigenvalue weighted by molar-refractivity contribution is 5.94. The Kier molecular flexibility index (Phi) is 12.2. The van der Waals surface area contributed by atoms with Crippen molar-refractivity contribution >= 4 is 23.7 Å². The van der Waals surface area contributed by atoms with Gasteiger partial charge in [0.2, 0.25) is 17.7 Å². The Morgan fingerprint density at radius 3 is 1.97 bits per heavy atom. The molecule has 1 rings (SSSR count). The first kappa shape index (κ1) is 29.1. The Morgan fingerprint density at radius 2 is 1.47 bits per heavy atom. The summed E-state index contributed by atoms with van der Waals surface area (Å²) < 4.78 is 0. The second kappa shape index (κ2) is 14.3. The summed E-state index contributed by atoms with van der Waals surface area (Å²) in [7, 11) is 0. The molecule has 0 aliphatic heterocycles. The number of aliphatic hydroxyl groups is 1. The lowest BCUT2D eigenvalue weighted by Gasteiger charge is -2.26. The number of amides is 3. The SMILES string of the molecule is CCC(C)C(NC(=O)C(CO)NC(=O)C(CC(C)C)NC(=O)C(N)Cc1ccccc1)C(=O)O. The smallest absolute Gasteiger partial charge is 0.326 e. The lowest BCUT2D eigenvalue weighted by molar-refractivity contribution is -0.144.